The molecule has 1 unspecified atom stereocenters. The van der Waals surface area contributed by atoms with Crippen molar-refractivity contribution < 1.29 is 14.6 Å². The quantitative estimate of drug-likeness (QED) is 0.808. The van der Waals surface area contributed by atoms with Gasteiger partial charge in [0.2, 0.25) is 0 Å². The summed E-state index contributed by atoms with van der Waals surface area (Å²) in [5.74, 6) is 1.39. The predicted molar refractivity (Wildman–Crippen MR) is 72.3 cm³/mol. The number of ether oxygens (including phenoxy) is 2. The minimum absolute atomic E-state index is 0.553. The molecule has 102 valence electrons. The zero-order valence-corrected chi connectivity index (χ0v) is 11.6. The van der Waals surface area contributed by atoms with Gasteiger partial charge in [-0.15, -0.1) is 0 Å². The molecule has 0 fully saturated rings. The molecule has 0 radical (unpaired) electrons. The third-order valence-corrected chi connectivity index (χ3v) is 2.89. The predicted octanol–water partition coefficient (Wildman–Crippen LogP) is 2.08. The van der Waals surface area contributed by atoms with Crippen LogP contribution in [0.1, 0.15) is 25.0 Å². The van der Waals surface area contributed by atoms with Crippen LogP contribution in [0.3, 0.4) is 0 Å². The first-order chi connectivity index (χ1) is 8.62. The summed E-state index contributed by atoms with van der Waals surface area (Å²) in [4.78, 5) is 2.11. The Bertz CT molecular complexity index is 368. The lowest BCUT2D eigenvalue weighted by atomic mass is 10.1. The van der Waals surface area contributed by atoms with E-state index in [1.54, 1.807) is 20.3 Å². The number of benzene rings is 1. The lowest BCUT2D eigenvalue weighted by Crippen LogP contribution is -2.25. The number of aliphatic hydroxyl groups is 1. The van der Waals surface area contributed by atoms with Gasteiger partial charge < -0.3 is 19.5 Å². The standard InChI is InChI=1S/C14H23NO3/c1-5-8-15(2)10-13(16)12-7-6-11(17-3)9-14(12)18-4/h6-7,9,13,16H,5,8,10H2,1-4H3. The van der Waals surface area contributed by atoms with Crippen LogP contribution < -0.4 is 9.47 Å². The highest BCUT2D eigenvalue weighted by molar-refractivity contribution is 5.42. The Labute approximate surface area is 109 Å². The molecule has 1 aromatic carbocycles. The molecule has 4 nitrogen and oxygen atoms in total. The number of methoxy groups -OCH3 is 2. The second kappa shape index (κ2) is 7.24. The highest BCUT2D eigenvalue weighted by Crippen LogP contribution is 2.29. The number of likely N-dealkylation sites (N-methyl/N-ethyl adjacent to an activating group) is 1. The molecule has 0 aliphatic rings. The first-order valence-corrected chi connectivity index (χ1v) is 6.20. The van der Waals surface area contributed by atoms with Gasteiger partial charge in [0, 0.05) is 18.2 Å². The van der Waals surface area contributed by atoms with Gasteiger partial charge in [0.1, 0.15) is 11.5 Å². The van der Waals surface area contributed by atoms with E-state index < -0.39 is 6.10 Å². The Hall–Kier alpha value is -1.26. The van der Waals surface area contributed by atoms with E-state index in [9.17, 15) is 5.11 Å². The normalized spacial score (nSPS) is 12.6. The largest absolute Gasteiger partial charge is 0.497 e. The van der Waals surface area contributed by atoms with Crippen molar-refractivity contribution in [3.8, 4) is 11.5 Å². The second-order valence-electron chi connectivity index (χ2n) is 4.39. The van der Waals surface area contributed by atoms with Crippen LogP contribution in [0.25, 0.3) is 0 Å². The summed E-state index contributed by atoms with van der Waals surface area (Å²) in [6, 6.07) is 5.47. The van der Waals surface area contributed by atoms with Gasteiger partial charge in [0.15, 0.2) is 0 Å². The molecule has 1 aromatic rings. The van der Waals surface area contributed by atoms with E-state index in [1.807, 2.05) is 19.2 Å². The van der Waals surface area contributed by atoms with Crippen molar-refractivity contribution in [3.05, 3.63) is 23.8 Å². The van der Waals surface area contributed by atoms with E-state index in [4.69, 9.17) is 9.47 Å². The van der Waals surface area contributed by atoms with Crippen LogP contribution in [0.5, 0.6) is 11.5 Å². The van der Waals surface area contributed by atoms with E-state index in [0.717, 1.165) is 24.3 Å². The molecule has 18 heavy (non-hydrogen) atoms. The lowest BCUT2D eigenvalue weighted by molar-refractivity contribution is 0.124. The summed E-state index contributed by atoms with van der Waals surface area (Å²) < 4.78 is 10.4. The minimum Gasteiger partial charge on any atom is -0.497 e. The number of aliphatic hydroxyl groups excluding tert-OH is 1. The zero-order valence-electron chi connectivity index (χ0n) is 11.6. The van der Waals surface area contributed by atoms with Crippen molar-refractivity contribution in [1.82, 2.24) is 4.90 Å². The molecule has 0 bridgehead atoms. The van der Waals surface area contributed by atoms with Crippen LogP contribution in [-0.4, -0.2) is 44.4 Å². The first-order valence-electron chi connectivity index (χ1n) is 6.20. The van der Waals surface area contributed by atoms with Crippen LogP contribution in [0.15, 0.2) is 18.2 Å². The Morgan fingerprint density at radius 1 is 1.28 bits per heavy atom. The summed E-state index contributed by atoms with van der Waals surface area (Å²) in [7, 11) is 5.21. The van der Waals surface area contributed by atoms with Gasteiger partial charge in [-0.25, -0.2) is 0 Å². The maximum atomic E-state index is 10.2. The highest BCUT2D eigenvalue weighted by atomic mass is 16.5. The molecule has 1 rings (SSSR count). The molecule has 0 saturated heterocycles. The number of rotatable bonds is 7. The van der Waals surface area contributed by atoms with Crippen molar-refractivity contribution in [2.24, 2.45) is 0 Å². The molecule has 4 heteroatoms. The van der Waals surface area contributed by atoms with E-state index in [-0.39, 0.29) is 0 Å². The Balaban J connectivity index is 2.81. The van der Waals surface area contributed by atoms with E-state index >= 15 is 0 Å². The van der Waals surface area contributed by atoms with Crippen LogP contribution in [0, 0.1) is 0 Å². The SMILES string of the molecule is CCCN(C)CC(O)c1ccc(OC)cc1OC. The molecular formula is C14H23NO3. The molecule has 0 aromatic heterocycles. The van der Waals surface area contributed by atoms with Gasteiger partial charge in [-0.3, -0.25) is 0 Å². The van der Waals surface area contributed by atoms with Crippen LogP contribution in [0.4, 0.5) is 0 Å². The van der Waals surface area contributed by atoms with Gasteiger partial charge in [-0.1, -0.05) is 6.92 Å². The Morgan fingerprint density at radius 2 is 2.00 bits per heavy atom. The summed E-state index contributed by atoms with van der Waals surface area (Å²) in [6.07, 6.45) is 0.519. The van der Waals surface area contributed by atoms with Crippen molar-refractivity contribution in [2.45, 2.75) is 19.4 Å². The van der Waals surface area contributed by atoms with Crippen molar-refractivity contribution in [1.29, 1.82) is 0 Å². The summed E-state index contributed by atoms with van der Waals surface area (Å²) >= 11 is 0. The maximum absolute atomic E-state index is 10.2. The third-order valence-electron chi connectivity index (χ3n) is 2.89. The minimum atomic E-state index is -0.553. The lowest BCUT2D eigenvalue weighted by Gasteiger charge is -2.21. The molecule has 0 amide bonds. The van der Waals surface area contributed by atoms with Gasteiger partial charge >= 0.3 is 0 Å². The summed E-state index contributed by atoms with van der Waals surface area (Å²) in [6.45, 7) is 3.68. The molecular weight excluding hydrogens is 230 g/mol. The summed E-state index contributed by atoms with van der Waals surface area (Å²) in [5.41, 5.74) is 0.793. The van der Waals surface area contributed by atoms with Crippen molar-refractivity contribution >= 4 is 0 Å². The van der Waals surface area contributed by atoms with Crippen LogP contribution in [-0.2, 0) is 0 Å². The molecule has 0 saturated carbocycles. The average molecular weight is 253 g/mol. The van der Waals surface area contributed by atoms with E-state index in [0.29, 0.717) is 12.3 Å². The van der Waals surface area contributed by atoms with Gasteiger partial charge in [-0.05, 0) is 32.1 Å². The molecule has 0 aliphatic carbocycles. The van der Waals surface area contributed by atoms with Crippen LogP contribution >= 0.6 is 0 Å². The topological polar surface area (TPSA) is 41.9 Å². The van der Waals surface area contributed by atoms with Crippen LogP contribution in [0.2, 0.25) is 0 Å². The molecule has 1 atom stereocenters. The third kappa shape index (κ3) is 3.89. The van der Waals surface area contributed by atoms with E-state index in [2.05, 4.69) is 11.8 Å². The second-order valence-corrected chi connectivity index (χ2v) is 4.39. The smallest absolute Gasteiger partial charge is 0.128 e. The fourth-order valence-electron chi connectivity index (χ4n) is 1.96. The summed E-state index contributed by atoms with van der Waals surface area (Å²) in [5, 5.41) is 10.2. The number of hydrogen-bond acceptors (Lipinski definition) is 4. The zero-order chi connectivity index (χ0) is 13.5. The molecule has 0 heterocycles. The monoisotopic (exact) mass is 253 g/mol. The first kappa shape index (κ1) is 14.8. The van der Waals surface area contributed by atoms with Crippen molar-refractivity contribution in [3.63, 3.8) is 0 Å². The highest BCUT2D eigenvalue weighted by Gasteiger charge is 2.15. The van der Waals surface area contributed by atoms with E-state index in [1.165, 1.54) is 0 Å². The fourth-order valence-corrected chi connectivity index (χ4v) is 1.96. The number of nitrogens with zero attached hydrogens (tertiary/aromatic N) is 1. The van der Waals surface area contributed by atoms with Gasteiger partial charge in [0.25, 0.3) is 0 Å². The van der Waals surface area contributed by atoms with Gasteiger partial charge in [0.05, 0.1) is 20.3 Å². The molecule has 0 spiro atoms. The maximum Gasteiger partial charge on any atom is 0.128 e. The fraction of sp³-hybridized carbons (Fsp3) is 0.571. The van der Waals surface area contributed by atoms with Gasteiger partial charge in [-0.2, -0.15) is 0 Å². The molecule has 1 N–H and O–H groups in total. The Kier molecular flexibility index (Phi) is 5.95. The molecule has 0 aliphatic heterocycles. The Morgan fingerprint density at radius 3 is 2.56 bits per heavy atom. The average Bonchev–Trinajstić information content (AvgIpc) is 2.38. The number of hydrogen-bond donors (Lipinski definition) is 1. The van der Waals surface area contributed by atoms with Crippen molar-refractivity contribution in [2.75, 3.05) is 34.4 Å².